The van der Waals surface area contributed by atoms with E-state index in [1.807, 2.05) is 0 Å². The quantitative estimate of drug-likeness (QED) is 0.849. The molecule has 5 nitrogen and oxygen atoms in total. The molecule has 0 spiro atoms. The number of nitrogen functional groups attached to an aromatic ring is 1. The summed E-state index contributed by atoms with van der Waals surface area (Å²) in [6.07, 6.45) is 1.38. The fourth-order valence-corrected chi connectivity index (χ4v) is 2.13. The van der Waals surface area contributed by atoms with Gasteiger partial charge in [-0.05, 0) is 12.8 Å². The van der Waals surface area contributed by atoms with Gasteiger partial charge in [0.15, 0.2) is 5.82 Å². The van der Waals surface area contributed by atoms with Crippen molar-refractivity contribution in [1.82, 2.24) is 9.78 Å². The number of amides is 1. The number of hydrogen-bond donors (Lipinski definition) is 2. The summed E-state index contributed by atoms with van der Waals surface area (Å²) in [7, 11) is 1.65. The molecule has 1 aromatic heterocycles. The Morgan fingerprint density at radius 1 is 1.56 bits per heavy atom. The zero-order chi connectivity index (χ0) is 13.3. The van der Waals surface area contributed by atoms with Crippen LogP contribution in [0.5, 0.6) is 0 Å². The third-order valence-corrected chi connectivity index (χ3v) is 3.30. The molecule has 0 saturated heterocycles. The lowest BCUT2D eigenvalue weighted by molar-refractivity contribution is -0.124. The number of carbonyl (C=O) groups is 1. The summed E-state index contributed by atoms with van der Waals surface area (Å²) in [5, 5.41) is 6.54. The van der Waals surface area contributed by atoms with Gasteiger partial charge in [0.25, 0.3) is 0 Å². The van der Waals surface area contributed by atoms with Crippen LogP contribution in [-0.4, -0.2) is 21.6 Å². The van der Waals surface area contributed by atoms with E-state index < -0.39 is 5.92 Å². The van der Waals surface area contributed by atoms with E-state index in [-0.39, 0.29) is 37.5 Å². The van der Waals surface area contributed by atoms with Crippen LogP contribution in [0.4, 0.5) is 20.3 Å². The molecule has 1 heterocycles. The molecule has 0 unspecified atom stereocenters. The Bertz CT molecular complexity index is 428. The van der Waals surface area contributed by atoms with Gasteiger partial charge in [-0.25, -0.2) is 8.78 Å². The Morgan fingerprint density at radius 3 is 2.67 bits per heavy atom. The van der Waals surface area contributed by atoms with E-state index in [1.54, 1.807) is 7.05 Å². The number of nitrogens with zero attached hydrogens (tertiary/aromatic N) is 2. The maximum atomic E-state index is 13.0. The van der Waals surface area contributed by atoms with Crippen LogP contribution in [0.3, 0.4) is 0 Å². The lowest BCUT2D eigenvalue weighted by atomic mass is 9.86. The minimum Gasteiger partial charge on any atom is -0.394 e. The Balaban J connectivity index is 1.97. The van der Waals surface area contributed by atoms with Gasteiger partial charge < -0.3 is 11.1 Å². The molecule has 3 N–H and O–H groups in total. The number of halogens is 2. The van der Waals surface area contributed by atoms with Crippen molar-refractivity contribution in [3.63, 3.8) is 0 Å². The molecule has 100 valence electrons. The molecule has 0 aromatic carbocycles. The van der Waals surface area contributed by atoms with Gasteiger partial charge in [-0.15, -0.1) is 0 Å². The summed E-state index contributed by atoms with van der Waals surface area (Å²) < 4.78 is 27.4. The number of alkyl halides is 2. The molecule has 0 aliphatic heterocycles. The van der Waals surface area contributed by atoms with E-state index in [2.05, 4.69) is 10.4 Å². The molecule has 1 saturated carbocycles. The van der Waals surface area contributed by atoms with Gasteiger partial charge in [0.1, 0.15) is 0 Å². The smallest absolute Gasteiger partial charge is 0.248 e. The van der Waals surface area contributed by atoms with Crippen LogP contribution >= 0.6 is 0 Å². The third-order valence-electron chi connectivity index (χ3n) is 3.30. The first-order chi connectivity index (χ1) is 8.39. The summed E-state index contributed by atoms with van der Waals surface area (Å²) in [5.41, 5.74) is 6.01. The van der Waals surface area contributed by atoms with Crippen LogP contribution in [0.25, 0.3) is 0 Å². The number of nitrogens with two attached hydrogens (primary N) is 1. The van der Waals surface area contributed by atoms with E-state index >= 15 is 0 Å². The van der Waals surface area contributed by atoms with Crippen LogP contribution in [0.2, 0.25) is 0 Å². The SMILES string of the molecule is Cn1ncc(N)c1NC(=O)C1CCC(F)(F)CC1. The van der Waals surface area contributed by atoms with Crippen molar-refractivity contribution in [2.45, 2.75) is 31.6 Å². The van der Waals surface area contributed by atoms with Crippen LogP contribution in [0, 0.1) is 5.92 Å². The molecule has 2 rings (SSSR count). The van der Waals surface area contributed by atoms with Crippen molar-refractivity contribution in [2.24, 2.45) is 13.0 Å². The molecular formula is C11H16F2N4O. The lowest BCUT2D eigenvalue weighted by Gasteiger charge is -2.27. The number of nitrogens with one attached hydrogen (secondary N) is 1. The highest BCUT2D eigenvalue weighted by atomic mass is 19.3. The number of anilines is 2. The van der Waals surface area contributed by atoms with Crippen LogP contribution < -0.4 is 11.1 Å². The molecule has 1 fully saturated rings. The zero-order valence-corrected chi connectivity index (χ0v) is 10.1. The Labute approximate surface area is 103 Å². The summed E-state index contributed by atoms with van der Waals surface area (Å²) in [6.45, 7) is 0. The van der Waals surface area contributed by atoms with Crippen LogP contribution in [0.15, 0.2) is 6.20 Å². The highest BCUT2D eigenvalue weighted by Gasteiger charge is 2.37. The topological polar surface area (TPSA) is 72.9 Å². The molecule has 0 bridgehead atoms. The fraction of sp³-hybridized carbons (Fsp3) is 0.636. The molecule has 0 atom stereocenters. The van der Waals surface area contributed by atoms with Crippen molar-refractivity contribution >= 4 is 17.4 Å². The van der Waals surface area contributed by atoms with Gasteiger partial charge in [-0.1, -0.05) is 0 Å². The van der Waals surface area contributed by atoms with E-state index in [9.17, 15) is 13.6 Å². The van der Waals surface area contributed by atoms with Gasteiger partial charge in [0, 0.05) is 25.8 Å². The molecule has 1 amide bonds. The third kappa shape index (κ3) is 2.60. The summed E-state index contributed by atoms with van der Waals surface area (Å²) in [4.78, 5) is 11.9. The van der Waals surface area contributed by atoms with Gasteiger partial charge in [-0.2, -0.15) is 5.10 Å². The lowest BCUT2D eigenvalue weighted by Crippen LogP contribution is -2.32. The van der Waals surface area contributed by atoms with E-state index in [0.717, 1.165) is 0 Å². The van der Waals surface area contributed by atoms with E-state index in [4.69, 9.17) is 5.73 Å². The second kappa shape index (κ2) is 4.55. The minimum absolute atomic E-state index is 0.205. The maximum absolute atomic E-state index is 13.0. The molecule has 1 aliphatic carbocycles. The summed E-state index contributed by atoms with van der Waals surface area (Å²) in [6, 6.07) is 0. The van der Waals surface area contributed by atoms with Crippen molar-refractivity contribution < 1.29 is 13.6 Å². The van der Waals surface area contributed by atoms with E-state index in [0.29, 0.717) is 11.5 Å². The molecule has 1 aliphatic rings. The average molecular weight is 258 g/mol. The fourth-order valence-electron chi connectivity index (χ4n) is 2.13. The highest BCUT2D eigenvalue weighted by molar-refractivity contribution is 5.94. The molecule has 18 heavy (non-hydrogen) atoms. The second-order valence-corrected chi connectivity index (χ2v) is 4.69. The Hall–Kier alpha value is -1.66. The van der Waals surface area contributed by atoms with Gasteiger partial charge in [-0.3, -0.25) is 9.48 Å². The Morgan fingerprint density at radius 2 is 2.17 bits per heavy atom. The first-order valence-electron chi connectivity index (χ1n) is 5.85. The van der Waals surface area contributed by atoms with Crippen molar-refractivity contribution in [3.05, 3.63) is 6.20 Å². The monoisotopic (exact) mass is 258 g/mol. The predicted molar refractivity (Wildman–Crippen MR) is 63.2 cm³/mol. The maximum Gasteiger partial charge on any atom is 0.248 e. The number of hydrogen-bond acceptors (Lipinski definition) is 3. The second-order valence-electron chi connectivity index (χ2n) is 4.69. The van der Waals surface area contributed by atoms with Gasteiger partial charge >= 0.3 is 0 Å². The van der Waals surface area contributed by atoms with Crippen LogP contribution in [0.1, 0.15) is 25.7 Å². The zero-order valence-electron chi connectivity index (χ0n) is 10.1. The molecule has 7 heteroatoms. The predicted octanol–water partition coefficient (Wildman–Crippen LogP) is 1.77. The Kier molecular flexibility index (Phi) is 3.23. The largest absolute Gasteiger partial charge is 0.394 e. The van der Waals surface area contributed by atoms with Crippen molar-refractivity contribution in [1.29, 1.82) is 0 Å². The molecular weight excluding hydrogens is 242 g/mol. The average Bonchev–Trinajstić information content (AvgIpc) is 2.60. The number of aromatic nitrogens is 2. The van der Waals surface area contributed by atoms with Crippen LogP contribution in [-0.2, 0) is 11.8 Å². The molecule has 1 aromatic rings. The number of aryl methyl sites for hydroxylation is 1. The normalized spacial score (nSPS) is 19.7. The first kappa shape index (κ1) is 12.8. The standard InChI is InChI=1S/C11H16F2N4O/c1-17-9(8(14)6-15-17)16-10(18)7-2-4-11(12,13)5-3-7/h6-7H,2-5,14H2,1H3,(H,16,18). The number of carbonyl (C=O) groups excluding carboxylic acids is 1. The van der Waals surface area contributed by atoms with Crippen molar-refractivity contribution in [3.8, 4) is 0 Å². The highest BCUT2D eigenvalue weighted by Crippen LogP contribution is 2.36. The first-order valence-corrected chi connectivity index (χ1v) is 5.85. The van der Waals surface area contributed by atoms with Crippen molar-refractivity contribution in [2.75, 3.05) is 11.1 Å². The van der Waals surface area contributed by atoms with E-state index in [1.165, 1.54) is 10.9 Å². The summed E-state index contributed by atoms with van der Waals surface area (Å²) in [5.74, 6) is -2.85. The van der Waals surface area contributed by atoms with Gasteiger partial charge in [0.2, 0.25) is 11.8 Å². The minimum atomic E-state index is -2.62. The number of rotatable bonds is 2. The summed E-state index contributed by atoms with van der Waals surface area (Å²) >= 11 is 0. The van der Waals surface area contributed by atoms with Gasteiger partial charge in [0.05, 0.1) is 11.9 Å². The molecule has 0 radical (unpaired) electrons.